The van der Waals surface area contributed by atoms with Gasteiger partial charge in [0.2, 0.25) is 5.91 Å². The van der Waals surface area contributed by atoms with Gasteiger partial charge in [-0.25, -0.2) is 0 Å². The first-order valence-electron chi connectivity index (χ1n) is 13.1. The van der Waals surface area contributed by atoms with Crippen LogP contribution in [0.25, 0.3) is 0 Å². The second kappa shape index (κ2) is 9.31. The molecule has 4 saturated carbocycles. The van der Waals surface area contributed by atoms with Gasteiger partial charge in [-0.1, -0.05) is 47.5 Å². The summed E-state index contributed by atoms with van der Waals surface area (Å²) in [6, 6.07) is 0. The molecule has 4 fully saturated rings. The van der Waals surface area contributed by atoms with E-state index >= 15 is 0 Å². The number of fused-ring (bicyclic) bond motifs is 5. The normalized spacial score (nSPS) is 44.4. The maximum Gasteiger partial charge on any atom is 0.219 e. The monoisotopic (exact) mass is 403 g/mol. The quantitative estimate of drug-likeness (QED) is 0.527. The van der Waals surface area contributed by atoms with Crippen molar-refractivity contribution in [1.82, 2.24) is 5.32 Å². The predicted molar refractivity (Wildman–Crippen MR) is 124 cm³/mol. The topological polar surface area (TPSA) is 29.1 Å². The number of hydrogen-bond acceptors (Lipinski definition) is 1. The molecule has 1 amide bonds. The minimum Gasteiger partial charge on any atom is -0.359 e. The van der Waals surface area contributed by atoms with Gasteiger partial charge in [0.1, 0.15) is 0 Å². The van der Waals surface area contributed by atoms with Gasteiger partial charge in [0.15, 0.2) is 0 Å². The molecular formula is C27H49NO. The van der Waals surface area contributed by atoms with Crippen molar-refractivity contribution in [3.8, 4) is 0 Å². The summed E-state index contributed by atoms with van der Waals surface area (Å²) in [4.78, 5) is 11.7. The van der Waals surface area contributed by atoms with Crippen LogP contribution in [0.3, 0.4) is 0 Å². The fourth-order valence-corrected chi connectivity index (χ4v) is 8.96. The van der Waals surface area contributed by atoms with Gasteiger partial charge in [0.25, 0.3) is 0 Å². The first-order valence-corrected chi connectivity index (χ1v) is 13.1. The van der Waals surface area contributed by atoms with E-state index in [1.54, 1.807) is 7.05 Å². The number of rotatable bonds is 4. The van der Waals surface area contributed by atoms with Crippen LogP contribution in [0.5, 0.6) is 0 Å². The van der Waals surface area contributed by atoms with Crippen LogP contribution in [0.2, 0.25) is 0 Å². The third kappa shape index (κ3) is 4.03. The zero-order valence-electron chi connectivity index (χ0n) is 20.4. The molecule has 0 heterocycles. The maximum absolute atomic E-state index is 11.7. The smallest absolute Gasteiger partial charge is 0.219 e. The van der Waals surface area contributed by atoms with Crippen LogP contribution in [0.1, 0.15) is 112 Å². The Balaban J connectivity index is 0.00000117. The fourth-order valence-electron chi connectivity index (χ4n) is 8.96. The molecule has 7 unspecified atom stereocenters. The van der Waals surface area contributed by atoms with E-state index in [0.29, 0.717) is 23.2 Å². The van der Waals surface area contributed by atoms with E-state index in [1.165, 1.54) is 64.2 Å². The number of carbonyl (C=O) groups excluding carboxylic acids is 1. The van der Waals surface area contributed by atoms with Crippen molar-refractivity contribution in [1.29, 1.82) is 0 Å². The third-order valence-corrected chi connectivity index (χ3v) is 10.4. The molecule has 4 aliphatic carbocycles. The Bertz CT molecular complexity index is 559. The number of amides is 1. The number of nitrogens with one attached hydrogen (secondary N) is 1. The highest BCUT2D eigenvalue weighted by molar-refractivity contribution is 5.75. The summed E-state index contributed by atoms with van der Waals surface area (Å²) in [5, 5.41) is 2.81. The van der Waals surface area contributed by atoms with Crippen molar-refractivity contribution >= 4 is 5.91 Å². The standard InChI is InChI=1S/C25H43NO.C2H6/c1-17(8-13-23(27)26-4)20-11-12-21-19-10-9-18-7-5-6-15-24(18,2)22(19)14-16-25(20,21)3;1-2/h17-22H,5-16H2,1-4H3,(H,26,27);1-2H3/t17-,18?,19?,20?,21?,22?,24?,25?;/m1./s1. The van der Waals surface area contributed by atoms with Gasteiger partial charge in [-0.3, -0.25) is 4.79 Å². The Kier molecular flexibility index (Phi) is 7.43. The van der Waals surface area contributed by atoms with Gasteiger partial charge in [0, 0.05) is 13.5 Å². The van der Waals surface area contributed by atoms with Crippen molar-refractivity contribution in [3.63, 3.8) is 0 Å². The minimum atomic E-state index is 0.216. The van der Waals surface area contributed by atoms with Gasteiger partial charge < -0.3 is 5.32 Å². The second-order valence-corrected chi connectivity index (χ2v) is 11.3. The van der Waals surface area contributed by atoms with E-state index in [4.69, 9.17) is 0 Å². The molecule has 1 N–H and O–H groups in total. The Morgan fingerprint density at radius 1 is 0.931 bits per heavy atom. The summed E-state index contributed by atoms with van der Waals surface area (Å²) >= 11 is 0. The van der Waals surface area contributed by atoms with E-state index in [1.807, 2.05) is 13.8 Å². The summed E-state index contributed by atoms with van der Waals surface area (Å²) in [5.74, 6) is 5.74. The van der Waals surface area contributed by atoms with E-state index < -0.39 is 0 Å². The lowest BCUT2D eigenvalue weighted by Gasteiger charge is -2.61. The van der Waals surface area contributed by atoms with Crippen LogP contribution in [0.4, 0.5) is 0 Å². The van der Waals surface area contributed by atoms with E-state index in [0.717, 1.165) is 36.0 Å². The lowest BCUT2D eigenvalue weighted by Crippen LogP contribution is -2.53. The molecule has 0 saturated heterocycles. The van der Waals surface area contributed by atoms with Crippen molar-refractivity contribution < 1.29 is 4.79 Å². The van der Waals surface area contributed by atoms with Crippen LogP contribution >= 0.6 is 0 Å². The molecule has 0 spiro atoms. The average molecular weight is 404 g/mol. The summed E-state index contributed by atoms with van der Waals surface area (Å²) in [7, 11) is 1.77. The van der Waals surface area contributed by atoms with Gasteiger partial charge in [-0.15, -0.1) is 0 Å². The van der Waals surface area contributed by atoms with Crippen molar-refractivity contribution in [3.05, 3.63) is 0 Å². The molecular weight excluding hydrogens is 354 g/mol. The molecule has 0 radical (unpaired) electrons. The Hall–Kier alpha value is -0.530. The maximum atomic E-state index is 11.7. The SMILES string of the molecule is CC.CNC(=O)CC[C@@H](C)C1CCC2C3CCC4CCCCC4(C)C3CCC21C. The van der Waals surface area contributed by atoms with Crippen molar-refractivity contribution in [2.45, 2.75) is 112 Å². The Labute approximate surface area is 181 Å². The molecule has 0 aromatic rings. The molecule has 0 bridgehead atoms. The van der Waals surface area contributed by atoms with E-state index in [2.05, 4.69) is 26.1 Å². The second-order valence-electron chi connectivity index (χ2n) is 11.3. The summed E-state index contributed by atoms with van der Waals surface area (Å²) < 4.78 is 0. The molecule has 29 heavy (non-hydrogen) atoms. The fraction of sp³-hybridized carbons (Fsp3) is 0.963. The van der Waals surface area contributed by atoms with Crippen LogP contribution in [-0.4, -0.2) is 13.0 Å². The molecule has 168 valence electrons. The zero-order valence-corrected chi connectivity index (χ0v) is 20.4. The highest BCUT2D eigenvalue weighted by atomic mass is 16.1. The Morgan fingerprint density at radius 3 is 2.38 bits per heavy atom. The van der Waals surface area contributed by atoms with Crippen molar-refractivity contribution in [2.75, 3.05) is 7.05 Å². The van der Waals surface area contributed by atoms with Crippen molar-refractivity contribution in [2.24, 2.45) is 46.3 Å². The van der Waals surface area contributed by atoms with Crippen LogP contribution in [-0.2, 0) is 4.79 Å². The van der Waals surface area contributed by atoms with Crippen LogP contribution in [0.15, 0.2) is 0 Å². The first-order chi connectivity index (χ1) is 13.9. The van der Waals surface area contributed by atoms with Crippen LogP contribution in [0, 0.1) is 46.3 Å². The molecule has 0 aromatic carbocycles. The van der Waals surface area contributed by atoms with Gasteiger partial charge in [-0.2, -0.15) is 0 Å². The van der Waals surface area contributed by atoms with Gasteiger partial charge in [-0.05, 0) is 104 Å². The number of carbonyl (C=O) groups is 1. The molecule has 2 heteroatoms. The van der Waals surface area contributed by atoms with Gasteiger partial charge >= 0.3 is 0 Å². The molecule has 4 aliphatic rings. The summed E-state index contributed by atoms with van der Waals surface area (Å²) in [6.07, 6.45) is 16.6. The molecule has 2 nitrogen and oxygen atoms in total. The minimum absolute atomic E-state index is 0.216. The third-order valence-electron chi connectivity index (χ3n) is 10.4. The highest BCUT2D eigenvalue weighted by Gasteiger charge is 2.60. The average Bonchev–Trinajstić information content (AvgIpc) is 3.10. The number of hydrogen-bond donors (Lipinski definition) is 1. The molecule has 4 rings (SSSR count). The largest absolute Gasteiger partial charge is 0.359 e. The highest BCUT2D eigenvalue weighted by Crippen LogP contribution is 2.68. The Morgan fingerprint density at radius 2 is 1.66 bits per heavy atom. The zero-order chi connectivity index (χ0) is 21.2. The summed E-state index contributed by atoms with van der Waals surface area (Å²) in [6.45, 7) is 11.8. The predicted octanol–water partition coefficient (Wildman–Crippen LogP) is 7.22. The molecule has 0 aliphatic heterocycles. The van der Waals surface area contributed by atoms with Gasteiger partial charge in [0.05, 0.1) is 0 Å². The van der Waals surface area contributed by atoms with Crippen LogP contribution < -0.4 is 5.32 Å². The van der Waals surface area contributed by atoms with E-state index in [9.17, 15) is 4.79 Å². The summed E-state index contributed by atoms with van der Waals surface area (Å²) in [5.41, 5.74) is 1.20. The van der Waals surface area contributed by atoms with E-state index in [-0.39, 0.29) is 5.91 Å². The lowest BCUT2D eigenvalue weighted by molar-refractivity contribution is -0.122. The first kappa shape index (κ1) is 23.1. The molecule has 0 aromatic heterocycles. The lowest BCUT2D eigenvalue weighted by atomic mass is 9.44. The molecule has 8 atom stereocenters.